The van der Waals surface area contributed by atoms with Crippen LogP contribution in [0.25, 0.3) is 0 Å². The highest BCUT2D eigenvalue weighted by atomic mass is 16.6. The Balaban J connectivity index is 2.59. The SMILES string of the molecule is CCCCCCCCN(C(=O)C(NC(=O)OC(C)(C)C)C(C)CC)C(C(=O)NC(Cc1ccccc1)C(=O)OC(C)(C)C)c1ccccc1. The summed E-state index contributed by atoms with van der Waals surface area (Å²) in [6.07, 6.45) is 6.05. The van der Waals surface area contributed by atoms with Gasteiger partial charge < -0.3 is 25.0 Å². The normalized spacial score (nSPS) is 14.1. The zero-order chi connectivity index (χ0) is 36.6. The van der Waals surface area contributed by atoms with E-state index in [1.165, 1.54) is 0 Å². The van der Waals surface area contributed by atoms with E-state index in [0.717, 1.165) is 37.7 Å². The Hall–Kier alpha value is -3.88. The van der Waals surface area contributed by atoms with Crippen LogP contribution >= 0.6 is 0 Å². The highest BCUT2D eigenvalue weighted by Gasteiger charge is 2.39. The second-order valence-corrected chi connectivity index (χ2v) is 14.9. The van der Waals surface area contributed by atoms with Gasteiger partial charge >= 0.3 is 12.1 Å². The number of carbonyl (C=O) groups excluding carboxylic acids is 4. The first-order valence-corrected chi connectivity index (χ1v) is 18.0. The van der Waals surface area contributed by atoms with Gasteiger partial charge in [-0.15, -0.1) is 0 Å². The number of benzene rings is 2. The fourth-order valence-electron chi connectivity index (χ4n) is 5.50. The van der Waals surface area contributed by atoms with Gasteiger partial charge in [0.05, 0.1) is 0 Å². The molecule has 9 heteroatoms. The minimum Gasteiger partial charge on any atom is -0.458 e. The molecule has 3 amide bonds. The van der Waals surface area contributed by atoms with Crippen molar-refractivity contribution < 1.29 is 28.7 Å². The van der Waals surface area contributed by atoms with Gasteiger partial charge in [-0.1, -0.05) is 120 Å². The summed E-state index contributed by atoms with van der Waals surface area (Å²) < 4.78 is 11.3. The number of carbonyl (C=O) groups is 4. The van der Waals surface area contributed by atoms with E-state index in [9.17, 15) is 19.2 Å². The number of hydrogen-bond donors (Lipinski definition) is 2. The van der Waals surface area contributed by atoms with Crippen molar-refractivity contribution in [2.75, 3.05) is 6.54 Å². The highest BCUT2D eigenvalue weighted by molar-refractivity contribution is 5.94. The lowest BCUT2D eigenvalue weighted by atomic mass is 9.95. The zero-order valence-corrected chi connectivity index (χ0v) is 31.3. The quantitative estimate of drug-likeness (QED) is 0.122. The number of nitrogens with one attached hydrogen (secondary N) is 2. The molecule has 4 atom stereocenters. The van der Waals surface area contributed by atoms with Gasteiger partial charge in [-0.05, 0) is 65.0 Å². The topological polar surface area (TPSA) is 114 Å². The summed E-state index contributed by atoms with van der Waals surface area (Å²) in [7, 11) is 0. The van der Waals surface area contributed by atoms with Gasteiger partial charge in [-0.25, -0.2) is 9.59 Å². The molecule has 0 heterocycles. The molecule has 2 rings (SSSR count). The number of esters is 1. The zero-order valence-electron chi connectivity index (χ0n) is 31.3. The van der Waals surface area contributed by atoms with Crippen LogP contribution in [-0.2, 0) is 30.3 Å². The van der Waals surface area contributed by atoms with Crippen molar-refractivity contribution in [3.63, 3.8) is 0 Å². The smallest absolute Gasteiger partial charge is 0.408 e. The molecule has 9 nitrogen and oxygen atoms in total. The summed E-state index contributed by atoms with van der Waals surface area (Å²) >= 11 is 0. The van der Waals surface area contributed by atoms with Gasteiger partial charge in [0.25, 0.3) is 0 Å². The predicted octanol–water partition coefficient (Wildman–Crippen LogP) is 7.93. The van der Waals surface area contributed by atoms with Crippen LogP contribution in [0.3, 0.4) is 0 Å². The molecule has 0 saturated carbocycles. The van der Waals surface area contributed by atoms with Crippen LogP contribution < -0.4 is 10.6 Å². The number of hydrogen-bond acceptors (Lipinski definition) is 6. The minimum absolute atomic E-state index is 0.212. The Kier molecular flexibility index (Phi) is 16.8. The number of unbranched alkanes of at least 4 members (excludes halogenated alkanes) is 5. The third-order valence-electron chi connectivity index (χ3n) is 8.15. The van der Waals surface area contributed by atoms with Crippen LogP contribution in [0.2, 0.25) is 0 Å². The summed E-state index contributed by atoms with van der Waals surface area (Å²) in [5.74, 6) is -1.69. The van der Waals surface area contributed by atoms with Crippen molar-refractivity contribution in [1.29, 1.82) is 0 Å². The average Bonchev–Trinajstić information content (AvgIpc) is 3.03. The molecule has 0 fully saturated rings. The molecule has 272 valence electrons. The van der Waals surface area contributed by atoms with E-state index in [-0.39, 0.29) is 24.8 Å². The van der Waals surface area contributed by atoms with Crippen LogP contribution in [0.15, 0.2) is 60.7 Å². The van der Waals surface area contributed by atoms with Gasteiger partial charge in [-0.2, -0.15) is 0 Å². The van der Waals surface area contributed by atoms with Crippen molar-refractivity contribution in [2.24, 2.45) is 5.92 Å². The first-order chi connectivity index (χ1) is 23.1. The van der Waals surface area contributed by atoms with Crippen molar-refractivity contribution >= 4 is 23.9 Å². The monoisotopic (exact) mass is 679 g/mol. The van der Waals surface area contributed by atoms with Crippen molar-refractivity contribution in [2.45, 2.75) is 143 Å². The molecular formula is C40H61N3O6. The lowest BCUT2D eigenvalue weighted by Crippen LogP contribution is -2.56. The maximum Gasteiger partial charge on any atom is 0.408 e. The number of amides is 3. The maximum absolute atomic E-state index is 14.7. The Morgan fingerprint density at radius 2 is 1.29 bits per heavy atom. The Labute approximate surface area is 294 Å². The van der Waals surface area contributed by atoms with E-state index in [1.807, 2.05) is 74.5 Å². The second-order valence-electron chi connectivity index (χ2n) is 14.9. The Morgan fingerprint density at radius 1 is 0.735 bits per heavy atom. The molecule has 0 aliphatic heterocycles. The van der Waals surface area contributed by atoms with E-state index >= 15 is 0 Å². The fraction of sp³-hybridized carbons (Fsp3) is 0.600. The first-order valence-electron chi connectivity index (χ1n) is 18.0. The number of rotatable bonds is 18. The third-order valence-corrected chi connectivity index (χ3v) is 8.15. The lowest BCUT2D eigenvalue weighted by molar-refractivity contribution is -0.159. The molecule has 2 aromatic carbocycles. The molecule has 49 heavy (non-hydrogen) atoms. The third kappa shape index (κ3) is 15.0. The number of ether oxygens (including phenoxy) is 2. The van der Waals surface area contributed by atoms with E-state index in [1.54, 1.807) is 46.4 Å². The van der Waals surface area contributed by atoms with Crippen molar-refractivity contribution in [3.05, 3.63) is 71.8 Å². The van der Waals surface area contributed by atoms with Crippen molar-refractivity contribution in [1.82, 2.24) is 15.5 Å². The molecule has 0 aliphatic rings. The lowest BCUT2D eigenvalue weighted by Gasteiger charge is -2.36. The molecule has 0 saturated heterocycles. The summed E-state index contributed by atoms with van der Waals surface area (Å²) in [5.41, 5.74) is -0.0742. The molecule has 0 radical (unpaired) electrons. The van der Waals surface area contributed by atoms with Crippen LogP contribution in [0, 0.1) is 5.92 Å². The molecule has 0 bridgehead atoms. The largest absolute Gasteiger partial charge is 0.458 e. The van der Waals surface area contributed by atoms with Crippen molar-refractivity contribution in [3.8, 4) is 0 Å². The van der Waals surface area contributed by atoms with Crippen LogP contribution in [-0.4, -0.2) is 58.6 Å². The molecule has 0 aliphatic carbocycles. The van der Waals surface area contributed by atoms with Gasteiger partial charge in [0, 0.05) is 13.0 Å². The summed E-state index contributed by atoms with van der Waals surface area (Å²) in [6.45, 7) is 17.0. The molecular weight excluding hydrogens is 618 g/mol. The van der Waals surface area contributed by atoms with Gasteiger partial charge in [-0.3, -0.25) is 9.59 Å². The van der Waals surface area contributed by atoms with Gasteiger partial charge in [0.2, 0.25) is 11.8 Å². The molecule has 0 aromatic heterocycles. The number of alkyl carbamates (subject to hydrolysis) is 1. The van der Waals surface area contributed by atoms with E-state index in [4.69, 9.17) is 9.47 Å². The highest BCUT2D eigenvalue weighted by Crippen LogP contribution is 2.26. The molecule has 4 unspecified atom stereocenters. The Morgan fingerprint density at radius 3 is 1.84 bits per heavy atom. The van der Waals surface area contributed by atoms with E-state index in [2.05, 4.69) is 17.6 Å². The summed E-state index contributed by atoms with van der Waals surface area (Å²) in [4.78, 5) is 57.4. The predicted molar refractivity (Wildman–Crippen MR) is 195 cm³/mol. The van der Waals surface area contributed by atoms with E-state index < -0.39 is 47.3 Å². The Bertz CT molecular complexity index is 1300. The van der Waals surface area contributed by atoms with Crippen LogP contribution in [0.1, 0.15) is 124 Å². The second kappa shape index (κ2) is 20.0. The van der Waals surface area contributed by atoms with Gasteiger partial charge in [0.15, 0.2) is 0 Å². The van der Waals surface area contributed by atoms with Crippen LogP contribution in [0.5, 0.6) is 0 Å². The standard InChI is InChI=1S/C40H61N3O6/c1-10-12-13-14-15-22-27-43(36(45)33(29(3)11-2)42-38(47)49-40(7,8)9)34(31-25-20-17-21-26-31)35(44)41-32(37(46)48-39(4,5)6)28-30-23-18-16-19-24-30/h16-21,23-26,29,32-34H,10-15,22,27-28H2,1-9H3,(H,41,44)(H,42,47). The van der Waals surface area contributed by atoms with Crippen LogP contribution in [0.4, 0.5) is 4.79 Å². The molecule has 2 N–H and O–H groups in total. The minimum atomic E-state index is -1.07. The summed E-state index contributed by atoms with van der Waals surface area (Å²) in [5, 5.41) is 5.80. The summed E-state index contributed by atoms with van der Waals surface area (Å²) in [6, 6.07) is 15.5. The first kappa shape index (κ1) is 41.3. The molecule has 2 aromatic rings. The molecule has 0 spiro atoms. The maximum atomic E-state index is 14.7. The average molecular weight is 680 g/mol. The van der Waals surface area contributed by atoms with Gasteiger partial charge in [0.1, 0.15) is 29.3 Å². The number of nitrogens with zero attached hydrogens (tertiary/aromatic N) is 1. The fourth-order valence-corrected chi connectivity index (χ4v) is 5.50. The van der Waals surface area contributed by atoms with E-state index in [0.29, 0.717) is 18.4 Å².